The summed E-state index contributed by atoms with van der Waals surface area (Å²) >= 11 is 0. The molecule has 1 atom stereocenters. The number of carbonyl (C=O) groups excluding carboxylic acids is 3. The maximum atomic E-state index is 13.5. The highest BCUT2D eigenvalue weighted by Crippen LogP contribution is 2.32. The van der Waals surface area contributed by atoms with Crippen molar-refractivity contribution in [3.8, 4) is 0 Å². The van der Waals surface area contributed by atoms with E-state index < -0.39 is 11.4 Å². The van der Waals surface area contributed by atoms with Gasteiger partial charge in [0.2, 0.25) is 0 Å². The molecule has 1 aromatic rings. The van der Waals surface area contributed by atoms with Crippen LogP contribution < -0.4 is 5.32 Å². The minimum Gasteiger partial charge on any atom is -0.337 e. The van der Waals surface area contributed by atoms with Crippen molar-refractivity contribution in [2.24, 2.45) is 0 Å². The van der Waals surface area contributed by atoms with Gasteiger partial charge in [-0.25, -0.2) is 9.18 Å². The van der Waals surface area contributed by atoms with Crippen LogP contribution in [0.5, 0.6) is 0 Å². The van der Waals surface area contributed by atoms with Gasteiger partial charge in [-0.2, -0.15) is 0 Å². The molecule has 3 saturated heterocycles. The lowest BCUT2D eigenvalue weighted by Crippen LogP contribution is -2.56. The Hall–Kier alpha value is -2.48. The van der Waals surface area contributed by atoms with Crippen molar-refractivity contribution >= 4 is 17.8 Å². The van der Waals surface area contributed by atoms with Crippen LogP contribution in [0.3, 0.4) is 0 Å². The Kier molecular flexibility index (Phi) is 5.77. The van der Waals surface area contributed by atoms with Crippen LogP contribution in [-0.4, -0.2) is 76.8 Å². The fraction of sp³-hybridized carbons (Fsp3) is 0.591. The molecule has 3 aliphatic heterocycles. The molecule has 7 nitrogen and oxygen atoms in total. The van der Waals surface area contributed by atoms with E-state index in [1.165, 1.54) is 23.1 Å². The SMILES string of the molecule is CCCN1CCC2(CC1)NC(=O)N([C@H]1CCCN(C(=O)c3cccc(F)c3)C1)C2=O. The third kappa shape index (κ3) is 3.80. The van der Waals surface area contributed by atoms with Gasteiger partial charge in [-0.1, -0.05) is 13.0 Å². The van der Waals surface area contributed by atoms with Gasteiger partial charge in [0.15, 0.2) is 0 Å². The lowest BCUT2D eigenvalue weighted by atomic mass is 9.87. The van der Waals surface area contributed by atoms with Gasteiger partial charge in [-0.3, -0.25) is 14.5 Å². The highest BCUT2D eigenvalue weighted by Gasteiger charge is 2.54. The summed E-state index contributed by atoms with van der Waals surface area (Å²) < 4.78 is 13.5. The molecular formula is C22H29FN4O3. The summed E-state index contributed by atoms with van der Waals surface area (Å²) in [6, 6.07) is 4.91. The standard InChI is InChI=1S/C22H29FN4O3/c1-2-10-25-12-8-22(9-13-25)20(29)27(21(30)24-22)18-7-4-11-26(15-18)19(28)16-5-3-6-17(23)14-16/h3,5-6,14,18H,2,4,7-13,15H2,1H3,(H,24,30)/t18-/m0/s1. The number of likely N-dealkylation sites (tertiary alicyclic amines) is 2. The van der Waals surface area contributed by atoms with Crippen molar-refractivity contribution in [3.05, 3.63) is 35.6 Å². The Morgan fingerprint density at radius 2 is 2.00 bits per heavy atom. The number of hydrogen-bond donors (Lipinski definition) is 1. The van der Waals surface area contributed by atoms with Crippen molar-refractivity contribution in [1.82, 2.24) is 20.0 Å². The van der Waals surface area contributed by atoms with E-state index in [2.05, 4.69) is 17.1 Å². The van der Waals surface area contributed by atoms with Crippen molar-refractivity contribution in [2.75, 3.05) is 32.7 Å². The Labute approximate surface area is 176 Å². The van der Waals surface area contributed by atoms with Gasteiger partial charge in [0, 0.05) is 31.7 Å². The van der Waals surface area contributed by atoms with Gasteiger partial charge in [0.25, 0.3) is 11.8 Å². The van der Waals surface area contributed by atoms with Crippen molar-refractivity contribution in [1.29, 1.82) is 0 Å². The van der Waals surface area contributed by atoms with E-state index in [1.807, 2.05) is 0 Å². The van der Waals surface area contributed by atoms with E-state index in [9.17, 15) is 18.8 Å². The molecule has 0 aromatic heterocycles. The Balaban J connectivity index is 1.45. The zero-order chi connectivity index (χ0) is 21.3. The molecule has 3 heterocycles. The second kappa shape index (κ2) is 8.34. The molecule has 0 radical (unpaired) electrons. The first kappa shape index (κ1) is 20.8. The van der Waals surface area contributed by atoms with Gasteiger partial charge >= 0.3 is 6.03 Å². The van der Waals surface area contributed by atoms with Gasteiger partial charge in [0.05, 0.1) is 6.04 Å². The second-order valence-electron chi connectivity index (χ2n) is 8.59. The zero-order valence-electron chi connectivity index (χ0n) is 17.4. The van der Waals surface area contributed by atoms with Crippen molar-refractivity contribution in [2.45, 2.75) is 50.6 Å². The summed E-state index contributed by atoms with van der Waals surface area (Å²) in [7, 11) is 0. The summed E-state index contributed by atoms with van der Waals surface area (Å²) in [5.41, 5.74) is -0.525. The van der Waals surface area contributed by atoms with Crippen LogP contribution in [0.15, 0.2) is 24.3 Å². The predicted octanol–water partition coefficient (Wildman–Crippen LogP) is 2.23. The molecule has 0 bridgehead atoms. The minimum atomic E-state index is -0.809. The monoisotopic (exact) mass is 416 g/mol. The highest BCUT2D eigenvalue weighted by atomic mass is 19.1. The molecule has 0 saturated carbocycles. The molecule has 1 aromatic carbocycles. The number of piperidine rings is 2. The molecule has 4 amide bonds. The largest absolute Gasteiger partial charge is 0.337 e. The predicted molar refractivity (Wildman–Crippen MR) is 109 cm³/mol. The molecule has 162 valence electrons. The first-order valence-corrected chi connectivity index (χ1v) is 10.9. The average molecular weight is 416 g/mol. The maximum absolute atomic E-state index is 13.5. The van der Waals surface area contributed by atoms with Crippen LogP contribution in [0, 0.1) is 5.82 Å². The van der Waals surface area contributed by atoms with Crippen LogP contribution in [0.25, 0.3) is 0 Å². The third-order valence-electron chi connectivity index (χ3n) is 6.56. The molecule has 3 fully saturated rings. The summed E-state index contributed by atoms with van der Waals surface area (Å²) in [6.45, 7) is 5.54. The number of halogens is 1. The Morgan fingerprint density at radius 1 is 1.23 bits per heavy atom. The van der Waals surface area contributed by atoms with Crippen molar-refractivity contribution < 1.29 is 18.8 Å². The number of amides is 4. The molecule has 3 aliphatic rings. The summed E-state index contributed by atoms with van der Waals surface area (Å²) in [6.07, 6.45) is 3.67. The molecule has 1 spiro atoms. The van der Waals surface area contributed by atoms with Crippen molar-refractivity contribution in [3.63, 3.8) is 0 Å². The summed E-state index contributed by atoms with van der Waals surface area (Å²) in [5.74, 6) is -0.887. The number of carbonyl (C=O) groups is 3. The summed E-state index contributed by atoms with van der Waals surface area (Å²) in [5, 5.41) is 2.97. The first-order chi connectivity index (χ1) is 14.4. The second-order valence-corrected chi connectivity index (χ2v) is 8.59. The number of hydrogen-bond acceptors (Lipinski definition) is 4. The number of rotatable bonds is 4. The zero-order valence-corrected chi connectivity index (χ0v) is 17.4. The Morgan fingerprint density at radius 3 is 2.70 bits per heavy atom. The van der Waals surface area contributed by atoms with E-state index in [1.54, 1.807) is 11.0 Å². The lowest BCUT2D eigenvalue weighted by Gasteiger charge is -2.39. The lowest BCUT2D eigenvalue weighted by molar-refractivity contribution is -0.135. The van der Waals surface area contributed by atoms with Gasteiger partial charge in [0.1, 0.15) is 11.4 Å². The Bertz CT molecular complexity index is 837. The third-order valence-corrected chi connectivity index (χ3v) is 6.56. The smallest absolute Gasteiger partial charge is 0.325 e. The topological polar surface area (TPSA) is 73.0 Å². The van der Waals surface area contributed by atoms with Crippen LogP contribution in [0.1, 0.15) is 49.4 Å². The van der Waals surface area contributed by atoms with Gasteiger partial charge < -0.3 is 15.1 Å². The normalized spacial score (nSPS) is 24.4. The first-order valence-electron chi connectivity index (χ1n) is 10.9. The molecule has 1 N–H and O–H groups in total. The van der Waals surface area contributed by atoms with Gasteiger partial charge in [-0.15, -0.1) is 0 Å². The van der Waals surface area contributed by atoms with E-state index in [0.29, 0.717) is 32.2 Å². The molecule has 0 unspecified atom stereocenters. The summed E-state index contributed by atoms with van der Waals surface area (Å²) in [4.78, 5) is 44.2. The fourth-order valence-electron chi connectivity index (χ4n) is 4.94. The average Bonchev–Trinajstić information content (AvgIpc) is 2.99. The van der Waals surface area contributed by atoms with Crippen LogP contribution in [0.4, 0.5) is 9.18 Å². The van der Waals surface area contributed by atoms with E-state index >= 15 is 0 Å². The number of urea groups is 1. The van der Waals surface area contributed by atoms with Gasteiger partial charge in [-0.05, 0) is 56.8 Å². The molecular weight excluding hydrogens is 387 g/mol. The number of benzene rings is 1. The minimum absolute atomic E-state index is 0.159. The fourth-order valence-corrected chi connectivity index (χ4v) is 4.94. The molecule has 30 heavy (non-hydrogen) atoms. The number of nitrogens with zero attached hydrogens (tertiary/aromatic N) is 3. The van der Waals surface area contributed by atoms with Crippen LogP contribution >= 0.6 is 0 Å². The van der Waals surface area contributed by atoms with Crippen LogP contribution in [-0.2, 0) is 4.79 Å². The van der Waals surface area contributed by atoms with E-state index in [4.69, 9.17) is 0 Å². The van der Waals surface area contributed by atoms with E-state index in [0.717, 1.165) is 26.1 Å². The quantitative estimate of drug-likeness (QED) is 0.764. The highest BCUT2D eigenvalue weighted by molar-refractivity contribution is 6.07. The number of imide groups is 1. The van der Waals surface area contributed by atoms with E-state index in [-0.39, 0.29) is 36.0 Å². The molecule has 8 heteroatoms. The number of nitrogens with one attached hydrogen (secondary N) is 1. The molecule has 4 rings (SSSR count). The van der Waals surface area contributed by atoms with Crippen LogP contribution in [0.2, 0.25) is 0 Å². The maximum Gasteiger partial charge on any atom is 0.325 e. The molecule has 0 aliphatic carbocycles.